The molecule has 2 fully saturated rings. The lowest BCUT2D eigenvalue weighted by molar-refractivity contribution is -0.126. The summed E-state index contributed by atoms with van der Waals surface area (Å²) in [7, 11) is 0. The maximum Gasteiger partial charge on any atom is 0.248 e. The van der Waals surface area contributed by atoms with Gasteiger partial charge < -0.3 is 9.80 Å². The molecule has 2 aliphatic rings. The van der Waals surface area contributed by atoms with E-state index in [-0.39, 0.29) is 11.7 Å². The van der Waals surface area contributed by atoms with E-state index in [1.165, 1.54) is 6.07 Å². The predicted octanol–water partition coefficient (Wildman–Crippen LogP) is 2.47. The molecule has 1 aromatic rings. The van der Waals surface area contributed by atoms with Crippen LogP contribution in [0.25, 0.3) is 0 Å². The first kappa shape index (κ1) is 15.0. The van der Waals surface area contributed by atoms with Crippen LogP contribution in [0.2, 0.25) is 0 Å². The highest BCUT2D eigenvalue weighted by atomic mass is 19.1. The van der Waals surface area contributed by atoms with Gasteiger partial charge in [0.25, 0.3) is 0 Å². The van der Waals surface area contributed by atoms with Crippen molar-refractivity contribution in [3.8, 4) is 0 Å². The lowest BCUT2D eigenvalue weighted by atomic mass is 9.92. The van der Waals surface area contributed by atoms with Crippen LogP contribution in [-0.4, -0.2) is 42.0 Å². The van der Waals surface area contributed by atoms with Crippen molar-refractivity contribution in [1.82, 2.24) is 9.88 Å². The Balaban J connectivity index is 1.66. The number of aromatic nitrogens is 1. The van der Waals surface area contributed by atoms with Crippen LogP contribution in [0.5, 0.6) is 0 Å². The number of nitrogens with zero attached hydrogens (tertiary/aromatic N) is 3. The average molecular weight is 303 g/mol. The zero-order chi connectivity index (χ0) is 15.7. The van der Waals surface area contributed by atoms with Crippen LogP contribution in [0.3, 0.4) is 0 Å². The van der Waals surface area contributed by atoms with Crippen molar-refractivity contribution in [2.45, 2.75) is 19.8 Å². The van der Waals surface area contributed by atoms with E-state index in [1.807, 2.05) is 9.80 Å². The van der Waals surface area contributed by atoms with Gasteiger partial charge in [0.2, 0.25) is 5.91 Å². The molecule has 1 aromatic heterocycles. The van der Waals surface area contributed by atoms with E-state index in [1.54, 1.807) is 19.2 Å². The standard InChI is InChI=1S/C17H22FN3O/c1-12(2)17(22)21-10-13-5-8-20(9-6-14(13)11-21)16-15(18)4-3-7-19-16/h3-4,7,13-14H,1,5-6,8-11H2,2H3/t13-,14+. The molecule has 0 aliphatic carbocycles. The maximum atomic E-state index is 13.9. The number of carbonyl (C=O) groups is 1. The van der Waals surface area contributed by atoms with Gasteiger partial charge >= 0.3 is 0 Å². The van der Waals surface area contributed by atoms with Gasteiger partial charge in [0.05, 0.1) is 0 Å². The van der Waals surface area contributed by atoms with Gasteiger partial charge in [-0.15, -0.1) is 0 Å². The lowest BCUT2D eigenvalue weighted by Crippen LogP contribution is -2.31. The van der Waals surface area contributed by atoms with Crippen LogP contribution in [-0.2, 0) is 4.79 Å². The Morgan fingerprint density at radius 3 is 2.50 bits per heavy atom. The highest BCUT2D eigenvalue weighted by Crippen LogP contribution is 2.33. The number of anilines is 1. The van der Waals surface area contributed by atoms with E-state index < -0.39 is 0 Å². The molecule has 0 N–H and O–H groups in total. The second-order valence-electron chi connectivity index (χ2n) is 6.38. The van der Waals surface area contributed by atoms with Gasteiger partial charge in [0, 0.05) is 37.9 Å². The normalized spacial score (nSPS) is 24.8. The fourth-order valence-corrected chi connectivity index (χ4v) is 3.61. The molecule has 0 spiro atoms. The van der Waals surface area contributed by atoms with Crippen molar-refractivity contribution < 1.29 is 9.18 Å². The van der Waals surface area contributed by atoms with Crippen molar-refractivity contribution in [3.63, 3.8) is 0 Å². The molecule has 2 atom stereocenters. The smallest absolute Gasteiger partial charge is 0.248 e. The van der Waals surface area contributed by atoms with Crippen molar-refractivity contribution in [2.24, 2.45) is 11.8 Å². The van der Waals surface area contributed by atoms with Gasteiger partial charge in [0.1, 0.15) is 0 Å². The molecule has 22 heavy (non-hydrogen) atoms. The number of rotatable bonds is 2. The fourth-order valence-electron chi connectivity index (χ4n) is 3.61. The Kier molecular flexibility index (Phi) is 4.14. The summed E-state index contributed by atoms with van der Waals surface area (Å²) in [5, 5.41) is 0. The van der Waals surface area contributed by atoms with Gasteiger partial charge in [-0.3, -0.25) is 4.79 Å². The molecule has 0 radical (unpaired) electrons. The topological polar surface area (TPSA) is 36.4 Å². The maximum absolute atomic E-state index is 13.9. The van der Waals surface area contributed by atoms with Gasteiger partial charge in [0.15, 0.2) is 11.6 Å². The van der Waals surface area contributed by atoms with Crippen molar-refractivity contribution in [3.05, 3.63) is 36.3 Å². The third-order valence-corrected chi connectivity index (χ3v) is 4.81. The first-order valence-electron chi connectivity index (χ1n) is 7.86. The largest absolute Gasteiger partial charge is 0.354 e. The second kappa shape index (κ2) is 6.07. The van der Waals surface area contributed by atoms with Crippen molar-refractivity contribution >= 4 is 11.7 Å². The monoisotopic (exact) mass is 303 g/mol. The van der Waals surface area contributed by atoms with E-state index in [4.69, 9.17) is 0 Å². The molecule has 118 valence electrons. The third kappa shape index (κ3) is 2.85. The molecule has 3 heterocycles. The summed E-state index contributed by atoms with van der Waals surface area (Å²) in [5.74, 6) is 1.27. The molecular weight excluding hydrogens is 281 g/mol. The van der Waals surface area contributed by atoms with Gasteiger partial charge in [-0.25, -0.2) is 9.37 Å². The number of hydrogen-bond acceptors (Lipinski definition) is 3. The zero-order valence-corrected chi connectivity index (χ0v) is 13.0. The first-order chi connectivity index (χ1) is 10.6. The summed E-state index contributed by atoms with van der Waals surface area (Å²) in [5.41, 5.74) is 0.605. The quantitative estimate of drug-likeness (QED) is 0.788. The highest BCUT2D eigenvalue weighted by Gasteiger charge is 2.37. The number of fused-ring (bicyclic) bond motifs is 1. The summed E-state index contributed by atoms with van der Waals surface area (Å²) < 4.78 is 13.9. The van der Waals surface area contributed by atoms with Crippen LogP contribution in [0.15, 0.2) is 30.5 Å². The van der Waals surface area contributed by atoms with E-state index in [0.29, 0.717) is 23.2 Å². The van der Waals surface area contributed by atoms with Crippen LogP contribution in [0.1, 0.15) is 19.8 Å². The summed E-state index contributed by atoms with van der Waals surface area (Å²) >= 11 is 0. The first-order valence-corrected chi connectivity index (χ1v) is 7.86. The van der Waals surface area contributed by atoms with Gasteiger partial charge in [-0.2, -0.15) is 0 Å². The van der Waals surface area contributed by atoms with E-state index in [2.05, 4.69) is 11.6 Å². The molecule has 1 amide bonds. The van der Waals surface area contributed by atoms with Crippen molar-refractivity contribution in [1.29, 1.82) is 0 Å². The number of hydrogen-bond donors (Lipinski definition) is 0. The number of likely N-dealkylation sites (tertiary alicyclic amines) is 1. The molecule has 0 bridgehead atoms. The second-order valence-corrected chi connectivity index (χ2v) is 6.38. The molecule has 2 saturated heterocycles. The lowest BCUT2D eigenvalue weighted by Gasteiger charge is -2.23. The predicted molar refractivity (Wildman–Crippen MR) is 84.0 cm³/mol. The van der Waals surface area contributed by atoms with Crippen LogP contribution < -0.4 is 4.90 Å². The Hall–Kier alpha value is -1.91. The summed E-state index contributed by atoms with van der Waals surface area (Å²) in [6.45, 7) is 8.71. The summed E-state index contributed by atoms with van der Waals surface area (Å²) in [6.07, 6.45) is 3.58. The van der Waals surface area contributed by atoms with E-state index in [9.17, 15) is 9.18 Å². The summed E-state index contributed by atoms with van der Waals surface area (Å²) in [4.78, 5) is 20.2. The van der Waals surface area contributed by atoms with Crippen molar-refractivity contribution in [2.75, 3.05) is 31.1 Å². The van der Waals surface area contributed by atoms with Crippen LogP contribution >= 0.6 is 0 Å². The third-order valence-electron chi connectivity index (χ3n) is 4.81. The Labute approximate surface area is 130 Å². The Morgan fingerprint density at radius 2 is 1.95 bits per heavy atom. The average Bonchev–Trinajstić information content (AvgIpc) is 2.81. The minimum absolute atomic E-state index is 0.0701. The molecule has 0 saturated carbocycles. The molecule has 0 aromatic carbocycles. The number of carbonyl (C=O) groups excluding carboxylic acids is 1. The minimum atomic E-state index is -0.256. The van der Waals surface area contributed by atoms with Gasteiger partial charge in [-0.05, 0) is 43.7 Å². The number of halogens is 1. The fraction of sp³-hybridized carbons (Fsp3) is 0.529. The Bertz CT molecular complexity index is 573. The van der Waals surface area contributed by atoms with E-state index >= 15 is 0 Å². The number of amides is 1. The Morgan fingerprint density at radius 1 is 1.32 bits per heavy atom. The van der Waals surface area contributed by atoms with Crippen LogP contribution in [0.4, 0.5) is 10.2 Å². The van der Waals surface area contributed by atoms with Gasteiger partial charge in [-0.1, -0.05) is 6.58 Å². The molecule has 0 unspecified atom stereocenters. The number of pyridine rings is 1. The molecule has 5 heteroatoms. The zero-order valence-electron chi connectivity index (χ0n) is 13.0. The van der Waals surface area contributed by atoms with Crippen LogP contribution in [0, 0.1) is 17.7 Å². The highest BCUT2D eigenvalue weighted by molar-refractivity contribution is 5.92. The molecule has 2 aliphatic heterocycles. The molecule has 4 nitrogen and oxygen atoms in total. The summed E-state index contributed by atoms with van der Waals surface area (Å²) in [6, 6.07) is 3.08. The van der Waals surface area contributed by atoms with E-state index in [0.717, 1.165) is 39.0 Å². The molecular formula is C17H22FN3O. The minimum Gasteiger partial charge on any atom is -0.354 e. The molecule has 3 rings (SSSR count). The SMILES string of the molecule is C=C(C)C(=O)N1C[C@H]2CCN(c3ncccc3F)CC[C@H]2C1.